The quantitative estimate of drug-likeness (QED) is 0.584. The molecule has 1 heterocycles. The van der Waals surface area contributed by atoms with Gasteiger partial charge in [0.1, 0.15) is 0 Å². The Balaban J connectivity index is 2.34. The summed E-state index contributed by atoms with van der Waals surface area (Å²) in [5.41, 5.74) is 1.78. The van der Waals surface area contributed by atoms with Crippen LogP contribution >= 0.6 is 11.9 Å². The molecule has 3 nitrogen and oxygen atoms in total. The third-order valence-corrected chi connectivity index (χ3v) is 4.01. The molecule has 0 aliphatic carbocycles. The zero-order chi connectivity index (χ0) is 11.7. The van der Waals surface area contributed by atoms with Gasteiger partial charge in [-0.05, 0) is 43.5 Å². The number of ether oxygens (including phenoxy) is 1. The van der Waals surface area contributed by atoms with Crippen LogP contribution in [0.5, 0.6) is 0 Å². The van der Waals surface area contributed by atoms with E-state index in [1.807, 2.05) is 12.1 Å². The van der Waals surface area contributed by atoms with Gasteiger partial charge in [0, 0.05) is 17.5 Å². The summed E-state index contributed by atoms with van der Waals surface area (Å²) in [5.74, 6) is -0.247. The average Bonchev–Trinajstić information content (AvgIpc) is 2.71. The van der Waals surface area contributed by atoms with Crippen LogP contribution in [0.1, 0.15) is 29.8 Å². The third-order valence-electron chi connectivity index (χ3n) is 2.64. The molecule has 0 bridgehead atoms. The van der Waals surface area contributed by atoms with E-state index < -0.39 is 0 Å². The lowest BCUT2D eigenvalue weighted by molar-refractivity contribution is 0.0598. The lowest BCUT2D eigenvalue weighted by Crippen LogP contribution is -2.19. The van der Waals surface area contributed by atoms with Gasteiger partial charge in [0.15, 0.2) is 0 Å². The average molecular weight is 237 g/mol. The number of carbonyl (C=O) groups excluding carboxylic acids is 1. The fourth-order valence-electron chi connectivity index (χ4n) is 1.72. The molecule has 0 saturated carbocycles. The SMILES string of the molecule is COC(=O)c1cccc2c1CN(C(C)C)S2. The van der Waals surface area contributed by atoms with Crippen molar-refractivity contribution in [2.45, 2.75) is 31.3 Å². The molecule has 86 valence electrons. The highest BCUT2D eigenvalue weighted by Gasteiger charge is 2.26. The monoisotopic (exact) mass is 237 g/mol. The Morgan fingerprint density at radius 3 is 2.88 bits per heavy atom. The summed E-state index contributed by atoms with van der Waals surface area (Å²) < 4.78 is 7.05. The van der Waals surface area contributed by atoms with Crippen molar-refractivity contribution in [2.75, 3.05) is 7.11 Å². The van der Waals surface area contributed by atoms with Crippen LogP contribution in [0.4, 0.5) is 0 Å². The predicted octanol–water partition coefficient (Wildman–Crippen LogP) is 2.70. The molecule has 1 aliphatic heterocycles. The first kappa shape index (κ1) is 11.5. The molecule has 1 aliphatic rings. The lowest BCUT2D eigenvalue weighted by atomic mass is 10.1. The molecule has 0 unspecified atom stereocenters. The molecule has 2 rings (SSSR count). The van der Waals surface area contributed by atoms with E-state index in [0.717, 1.165) is 17.0 Å². The maximum absolute atomic E-state index is 11.6. The molecule has 1 aromatic rings. The Bertz CT molecular complexity index is 417. The molecular formula is C12H15NO2S. The van der Waals surface area contributed by atoms with Gasteiger partial charge in [-0.25, -0.2) is 9.10 Å². The number of carbonyl (C=O) groups is 1. The molecule has 0 N–H and O–H groups in total. The second-order valence-corrected chi connectivity index (χ2v) is 5.13. The summed E-state index contributed by atoms with van der Waals surface area (Å²) in [7, 11) is 1.42. The minimum absolute atomic E-state index is 0.247. The minimum atomic E-state index is -0.247. The minimum Gasteiger partial charge on any atom is -0.465 e. The van der Waals surface area contributed by atoms with Crippen LogP contribution in [0.15, 0.2) is 23.1 Å². The van der Waals surface area contributed by atoms with Crippen molar-refractivity contribution in [1.82, 2.24) is 4.31 Å². The number of fused-ring (bicyclic) bond motifs is 1. The van der Waals surface area contributed by atoms with E-state index in [-0.39, 0.29) is 5.97 Å². The molecule has 0 atom stereocenters. The number of hydrogen-bond acceptors (Lipinski definition) is 4. The fourth-order valence-corrected chi connectivity index (χ4v) is 2.80. The second-order valence-electron chi connectivity index (χ2n) is 4.03. The summed E-state index contributed by atoms with van der Waals surface area (Å²) >= 11 is 1.71. The van der Waals surface area contributed by atoms with Crippen molar-refractivity contribution >= 4 is 17.9 Å². The topological polar surface area (TPSA) is 29.5 Å². The van der Waals surface area contributed by atoms with Gasteiger partial charge in [-0.3, -0.25) is 0 Å². The van der Waals surface area contributed by atoms with Gasteiger partial charge in [-0.15, -0.1) is 0 Å². The van der Waals surface area contributed by atoms with Gasteiger partial charge in [0.25, 0.3) is 0 Å². The van der Waals surface area contributed by atoms with Gasteiger partial charge in [0.2, 0.25) is 0 Å². The van der Waals surface area contributed by atoms with Crippen molar-refractivity contribution in [3.05, 3.63) is 29.3 Å². The summed E-state index contributed by atoms with van der Waals surface area (Å²) in [6, 6.07) is 6.24. The molecule has 16 heavy (non-hydrogen) atoms. The molecule has 0 saturated heterocycles. The molecule has 4 heteroatoms. The van der Waals surface area contributed by atoms with Gasteiger partial charge in [-0.2, -0.15) is 0 Å². The zero-order valence-corrected chi connectivity index (χ0v) is 10.5. The number of esters is 1. The Hall–Kier alpha value is -1.00. The molecule has 1 aromatic carbocycles. The number of methoxy groups -OCH3 is 1. The summed E-state index contributed by atoms with van der Waals surface area (Å²) in [6.45, 7) is 5.11. The van der Waals surface area contributed by atoms with Crippen LogP contribution in [-0.4, -0.2) is 23.4 Å². The van der Waals surface area contributed by atoms with Crippen molar-refractivity contribution in [3.8, 4) is 0 Å². The van der Waals surface area contributed by atoms with Crippen LogP contribution in [0.25, 0.3) is 0 Å². The highest BCUT2D eigenvalue weighted by molar-refractivity contribution is 7.97. The Morgan fingerprint density at radius 1 is 1.50 bits per heavy atom. The second kappa shape index (κ2) is 4.47. The number of benzene rings is 1. The fraction of sp³-hybridized carbons (Fsp3) is 0.417. The first-order valence-corrected chi connectivity index (χ1v) is 6.05. The van der Waals surface area contributed by atoms with E-state index in [2.05, 4.69) is 24.2 Å². The first-order chi connectivity index (χ1) is 7.63. The smallest absolute Gasteiger partial charge is 0.338 e. The number of nitrogens with zero attached hydrogens (tertiary/aromatic N) is 1. The van der Waals surface area contributed by atoms with Crippen molar-refractivity contribution in [3.63, 3.8) is 0 Å². The van der Waals surface area contributed by atoms with Crippen molar-refractivity contribution < 1.29 is 9.53 Å². The van der Waals surface area contributed by atoms with E-state index in [4.69, 9.17) is 4.74 Å². The van der Waals surface area contributed by atoms with Crippen LogP contribution in [0, 0.1) is 0 Å². The molecule has 0 fully saturated rings. The largest absolute Gasteiger partial charge is 0.465 e. The van der Waals surface area contributed by atoms with E-state index in [0.29, 0.717) is 11.6 Å². The van der Waals surface area contributed by atoms with Crippen molar-refractivity contribution in [1.29, 1.82) is 0 Å². The van der Waals surface area contributed by atoms with Crippen molar-refractivity contribution in [2.24, 2.45) is 0 Å². The van der Waals surface area contributed by atoms with Gasteiger partial charge in [0.05, 0.1) is 12.7 Å². The molecule has 0 amide bonds. The van der Waals surface area contributed by atoms with Gasteiger partial charge in [-0.1, -0.05) is 6.07 Å². The molecule has 0 aromatic heterocycles. The van der Waals surface area contributed by atoms with Crippen LogP contribution < -0.4 is 0 Å². The van der Waals surface area contributed by atoms with E-state index in [1.54, 1.807) is 11.9 Å². The summed E-state index contributed by atoms with van der Waals surface area (Å²) in [5, 5.41) is 0. The predicted molar refractivity (Wildman–Crippen MR) is 64.3 cm³/mol. The molecular weight excluding hydrogens is 222 g/mol. The Kier molecular flexibility index (Phi) is 3.21. The maximum Gasteiger partial charge on any atom is 0.338 e. The van der Waals surface area contributed by atoms with Crippen LogP contribution in [0.2, 0.25) is 0 Å². The van der Waals surface area contributed by atoms with Gasteiger partial charge < -0.3 is 4.74 Å². The standard InChI is InChI=1S/C12H15NO2S/c1-8(2)13-7-10-9(12(14)15-3)5-4-6-11(10)16-13/h4-6,8H,7H2,1-3H3. The molecule has 0 radical (unpaired) electrons. The van der Waals surface area contributed by atoms with E-state index in [1.165, 1.54) is 7.11 Å². The Morgan fingerprint density at radius 2 is 2.25 bits per heavy atom. The maximum atomic E-state index is 11.6. The van der Waals surface area contributed by atoms with Crippen LogP contribution in [-0.2, 0) is 11.3 Å². The van der Waals surface area contributed by atoms with Gasteiger partial charge >= 0.3 is 5.97 Å². The zero-order valence-electron chi connectivity index (χ0n) is 9.69. The number of rotatable bonds is 2. The van der Waals surface area contributed by atoms with Crippen LogP contribution in [0.3, 0.4) is 0 Å². The highest BCUT2D eigenvalue weighted by atomic mass is 32.2. The summed E-state index contributed by atoms with van der Waals surface area (Å²) in [6.07, 6.45) is 0. The molecule has 0 spiro atoms. The highest BCUT2D eigenvalue weighted by Crippen LogP contribution is 2.38. The van der Waals surface area contributed by atoms with E-state index in [9.17, 15) is 4.79 Å². The lowest BCUT2D eigenvalue weighted by Gasteiger charge is -2.17. The summed E-state index contributed by atoms with van der Waals surface area (Å²) in [4.78, 5) is 12.8. The van der Waals surface area contributed by atoms with E-state index >= 15 is 0 Å². The Labute approximate surface area is 99.9 Å². The normalized spacial score (nSPS) is 15.2. The number of hydrogen-bond donors (Lipinski definition) is 0. The first-order valence-electron chi connectivity index (χ1n) is 5.28. The third kappa shape index (κ3) is 1.95.